The average molecular weight is 525 g/mol. The van der Waals surface area contributed by atoms with E-state index in [4.69, 9.17) is 9.47 Å². The third-order valence-electron chi connectivity index (χ3n) is 7.08. The normalized spacial score (nSPS) is 18.7. The van der Waals surface area contributed by atoms with Crippen molar-refractivity contribution in [1.82, 2.24) is 5.32 Å². The average Bonchev–Trinajstić information content (AvgIpc) is 2.95. The Balaban J connectivity index is 1.43. The topological polar surface area (TPSA) is 108 Å². The number of nitro benzene ring substituents is 1. The van der Waals surface area contributed by atoms with E-state index in [2.05, 4.69) is 5.32 Å². The van der Waals surface area contributed by atoms with Crippen molar-refractivity contribution in [3.63, 3.8) is 0 Å². The van der Waals surface area contributed by atoms with Crippen molar-refractivity contribution in [2.75, 3.05) is 13.2 Å². The third kappa shape index (κ3) is 5.60. The summed E-state index contributed by atoms with van der Waals surface area (Å²) in [6.07, 6.45) is 0.916. The molecule has 0 spiro atoms. The van der Waals surface area contributed by atoms with Gasteiger partial charge in [0.25, 0.3) is 5.69 Å². The number of carbonyl (C=O) groups excluding carboxylic acids is 2. The minimum Gasteiger partial charge on any atom is -0.490 e. The highest BCUT2D eigenvalue weighted by Gasteiger charge is 2.41. The SMILES string of the molecule is CC1=C(C(=O)OCCOc2ccccc2)[C@@H](c2ccc([N+](=O)[O-])cc2)C2=C(C[C@@H](c3ccccc3)CC2=O)N1. The number of ether oxygens (including phenoxy) is 2. The zero-order valence-corrected chi connectivity index (χ0v) is 21.5. The van der Waals surface area contributed by atoms with E-state index in [1.807, 2.05) is 60.7 Å². The van der Waals surface area contributed by atoms with Crippen molar-refractivity contribution in [3.8, 4) is 5.75 Å². The highest BCUT2D eigenvalue weighted by atomic mass is 16.6. The van der Waals surface area contributed by atoms with Gasteiger partial charge in [-0.05, 0) is 42.5 Å². The van der Waals surface area contributed by atoms with Crippen LogP contribution in [0.5, 0.6) is 5.75 Å². The number of allylic oxidation sites excluding steroid dienone is 3. The summed E-state index contributed by atoms with van der Waals surface area (Å²) in [6.45, 7) is 1.98. The second-order valence-corrected chi connectivity index (χ2v) is 9.57. The lowest BCUT2D eigenvalue weighted by atomic mass is 9.71. The van der Waals surface area contributed by atoms with Gasteiger partial charge in [0.05, 0.1) is 10.5 Å². The lowest BCUT2D eigenvalue weighted by Crippen LogP contribution is -2.36. The number of nitro groups is 1. The molecule has 1 aliphatic heterocycles. The van der Waals surface area contributed by atoms with Crippen LogP contribution in [-0.4, -0.2) is 29.9 Å². The minimum atomic E-state index is -0.700. The van der Waals surface area contributed by atoms with Crippen molar-refractivity contribution in [3.05, 3.63) is 129 Å². The molecule has 0 amide bonds. The molecule has 39 heavy (non-hydrogen) atoms. The maximum Gasteiger partial charge on any atom is 0.336 e. The number of benzene rings is 3. The van der Waals surface area contributed by atoms with Crippen LogP contribution in [0.1, 0.15) is 42.7 Å². The van der Waals surface area contributed by atoms with Crippen LogP contribution >= 0.6 is 0 Å². The Hall–Kier alpha value is -4.72. The lowest BCUT2D eigenvalue weighted by Gasteiger charge is -2.36. The molecular formula is C31H28N2O6. The van der Waals surface area contributed by atoms with Crippen molar-refractivity contribution in [1.29, 1.82) is 0 Å². The molecule has 8 nitrogen and oxygen atoms in total. The molecule has 0 aromatic heterocycles. The summed E-state index contributed by atoms with van der Waals surface area (Å²) in [7, 11) is 0. The number of hydrogen-bond donors (Lipinski definition) is 1. The molecule has 1 N–H and O–H groups in total. The molecule has 0 fully saturated rings. The Morgan fingerprint density at radius 1 is 0.923 bits per heavy atom. The predicted octanol–water partition coefficient (Wildman–Crippen LogP) is 5.58. The molecule has 3 aromatic rings. The molecular weight excluding hydrogens is 496 g/mol. The second-order valence-electron chi connectivity index (χ2n) is 9.57. The first kappa shape index (κ1) is 25.9. The Morgan fingerprint density at radius 3 is 2.26 bits per heavy atom. The van der Waals surface area contributed by atoms with E-state index in [1.54, 1.807) is 19.1 Å². The van der Waals surface area contributed by atoms with Crippen LogP contribution in [-0.2, 0) is 14.3 Å². The third-order valence-corrected chi connectivity index (χ3v) is 7.08. The van der Waals surface area contributed by atoms with Crippen molar-refractivity contribution < 1.29 is 24.0 Å². The van der Waals surface area contributed by atoms with E-state index in [9.17, 15) is 19.7 Å². The lowest BCUT2D eigenvalue weighted by molar-refractivity contribution is -0.384. The van der Waals surface area contributed by atoms with Gasteiger partial charge >= 0.3 is 5.97 Å². The van der Waals surface area contributed by atoms with Gasteiger partial charge in [0.15, 0.2) is 5.78 Å². The Kier molecular flexibility index (Phi) is 7.54. The van der Waals surface area contributed by atoms with Crippen LogP contribution in [0.2, 0.25) is 0 Å². The largest absolute Gasteiger partial charge is 0.490 e. The molecule has 1 aliphatic carbocycles. The molecule has 0 radical (unpaired) electrons. The van der Waals surface area contributed by atoms with Crippen LogP contribution < -0.4 is 10.1 Å². The summed E-state index contributed by atoms with van der Waals surface area (Å²) in [4.78, 5) is 37.9. The van der Waals surface area contributed by atoms with E-state index in [0.717, 1.165) is 11.3 Å². The van der Waals surface area contributed by atoms with Crippen molar-refractivity contribution in [2.45, 2.75) is 31.6 Å². The van der Waals surface area contributed by atoms with Crippen LogP contribution in [0, 0.1) is 10.1 Å². The number of ketones is 1. The van der Waals surface area contributed by atoms with Gasteiger partial charge in [0.2, 0.25) is 0 Å². The molecule has 198 valence electrons. The Bertz CT molecular complexity index is 1450. The number of Topliss-reactive ketones (excluding diaryl/α,β-unsaturated/α-hetero) is 1. The summed E-state index contributed by atoms with van der Waals surface area (Å²) in [5, 5.41) is 14.6. The van der Waals surface area contributed by atoms with E-state index in [-0.39, 0.29) is 30.6 Å². The maximum absolute atomic E-state index is 13.7. The fourth-order valence-electron chi connectivity index (χ4n) is 5.28. The first-order valence-corrected chi connectivity index (χ1v) is 12.8. The molecule has 0 saturated carbocycles. The van der Waals surface area contributed by atoms with Crippen molar-refractivity contribution >= 4 is 17.4 Å². The van der Waals surface area contributed by atoms with Gasteiger partial charge in [-0.25, -0.2) is 4.79 Å². The quantitative estimate of drug-likeness (QED) is 0.177. The molecule has 2 atom stereocenters. The number of nitrogens with zero attached hydrogens (tertiary/aromatic N) is 1. The highest BCUT2D eigenvalue weighted by molar-refractivity contribution is 6.04. The van der Waals surface area contributed by atoms with Crippen LogP contribution in [0.25, 0.3) is 0 Å². The van der Waals surface area contributed by atoms with Gasteiger partial charge in [0, 0.05) is 41.4 Å². The van der Waals surface area contributed by atoms with Gasteiger partial charge in [0.1, 0.15) is 19.0 Å². The first-order valence-electron chi connectivity index (χ1n) is 12.8. The summed E-state index contributed by atoms with van der Waals surface area (Å²) in [5.41, 5.74) is 3.81. The summed E-state index contributed by atoms with van der Waals surface area (Å²) < 4.78 is 11.2. The molecule has 0 saturated heterocycles. The number of para-hydroxylation sites is 1. The zero-order valence-electron chi connectivity index (χ0n) is 21.5. The van der Waals surface area contributed by atoms with Gasteiger partial charge in [-0.15, -0.1) is 0 Å². The number of hydrogen-bond acceptors (Lipinski definition) is 7. The van der Waals surface area contributed by atoms with Crippen molar-refractivity contribution in [2.24, 2.45) is 0 Å². The van der Waals surface area contributed by atoms with E-state index in [0.29, 0.717) is 41.0 Å². The van der Waals surface area contributed by atoms with E-state index < -0.39 is 16.8 Å². The minimum absolute atomic E-state index is 0.0129. The molecule has 2 aliphatic rings. The number of carbonyl (C=O) groups is 2. The molecule has 3 aromatic carbocycles. The van der Waals surface area contributed by atoms with E-state index >= 15 is 0 Å². The summed E-state index contributed by atoms with van der Waals surface area (Å²) in [5.74, 6) is -0.647. The van der Waals surface area contributed by atoms with Gasteiger partial charge in [-0.1, -0.05) is 60.7 Å². The van der Waals surface area contributed by atoms with Crippen LogP contribution in [0.15, 0.2) is 107 Å². The Morgan fingerprint density at radius 2 is 1.59 bits per heavy atom. The van der Waals surface area contributed by atoms with E-state index in [1.165, 1.54) is 12.1 Å². The highest BCUT2D eigenvalue weighted by Crippen LogP contribution is 2.45. The zero-order chi connectivity index (χ0) is 27.4. The molecule has 8 heteroatoms. The van der Waals surface area contributed by atoms with Gasteiger partial charge in [-0.3, -0.25) is 14.9 Å². The molecule has 0 unspecified atom stereocenters. The summed E-state index contributed by atoms with van der Waals surface area (Å²) in [6, 6.07) is 25.1. The maximum atomic E-state index is 13.7. The molecule has 1 heterocycles. The second kappa shape index (κ2) is 11.3. The number of dihydropyridines is 1. The molecule has 0 bridgehead atoms. The van der Waals surface area contributed by atoms with Crippen LogP contribution in [0.3, 0.4) is 0 Å². The molecule has 5 rings (SSSR count). The first-order chi connectivity index (χ1) is 18.9. The number of esters is 1. The fourth-order valence-corrected chi connectivity index (χ4v) is 5.28. The van der Waals surface area contributed by atoms with Crippen LogP contribution in [0.4, 0.5) is 5.69 Å². The standard InChI is InChI=1S/C31H28N2O6/c1-20-28(31(35)39-17-16-38-25-10-6-3-7-11-25)29(22-12-14-24(15-13-22)33(36)37)30-26(32-20)18-23(19-27(30)34)21-8-4-2-5-9-21/h2-15,23,29,32H,16-19H2,1H3/t23-,29-/m1/s1. The number of non-ortho nitro benzene ring substituents is 1. The smallest absolute Gasteiger partial charge is 0.336 e. The Labute approximate surface area is 226 Å². The predicted molar refractivity (Wildman–Crippen MR) is 145 cm³/mol. The number of rotatable bonds is 8. The van der Waals surface area contributed by atoms with Gasteiger partial charge < -0.3 is 14.8 Å². The monoisotopic (exact) mass is 524 g/mol. The van der Waals surface area contributed by atoms with Gasteiger partial charge in [-0.2, -0.15) is 0 Å². The number of nitrogens with one attached hydrogen (secondary N) is 1. The summed E-state index contributed by atoms with van der Waals surface area (Å²) >= 11 is 0. The fraction of sp³-hybridized carbons (Fsp3) is 0.226.